The average molecular weight is 385 g/mol. The molecule has 0 unspecified atom stereocenters. The van der Waals surface area contributed by atoms with Gasteiger partial charge < -0.3 is 4.57 Å². The number of benzene rings is 2. The molecule has 0 spiro atoms. The molecule has 0 radical (unpaired) electrons. The first kappa shape index (κ1) is 17.2. The zero-order chi connectivity index (χ0) is 20.0. The lowest BCUT2D eigenvalue weighted by Gasteiger charge is -2.07. The van der Waals surface area contributed by atoms with Gasteiger partial charge in [0, 0.05) is 6.54 Å². The van der Waals surface area contributed by atoms with E-state index in [1.54, 1.807) is 18.2 Å². The van der Waals surface area contributed by atoms with Gasteiger partial charge in [0.05, 0.1) is 17.6 Å². The van der Waals surface area contributed by atoms with Crippen LogP contribution in [0.25, 0.3) is 33.2 Å². The molecule has 29 heavy (non-hydrogen) atoms. The van der Waals surface area contributed by atoms with Crippen molar-refractivity contribution in [3.8, 4) is 0 Å². The fraction of sp³-hybridized carbons (Fsp3) is 0.0909. The Morgan fingerprint density at radius 3 is 2.45 bits per heavy atom. The van der Waals surface area contributed by atoms with Crippen LogP contribution >= 0.6 is 0 Å². The topological polar surface area (TPSA) is 65.6 Å². The van der Waals surface area contributed by atoms with E-state index in [1.807, 2.05) is 28.8 Å². The number of halogens is 1. The molecular weight excluding hydrogens is 369 g/mol. The number of para-hydroxylation sites is 2. The molecule has 0 amide bonds. The van der Waals surface area contributed by atoms with Gasteiger partial charge in [-0.2, -0.15) is 0 Å². The second-order valence-corrected chi connectivity index (χ2v) is 6.79. The van der Waals surface area contributed by atoms with E-state index in [4.69, 9.17) is 9.97 Å². The zero-order valence-corrected chi connectivity index (χ0v) is 15.4. The second kappa shape index (κ2) is 6.63. The van der Waals surface area contributed by atoms with Crippen molar-refractivity contribution in [1.82, 2.24) is 24.1 Å². The summed E-state index contributed by atoms with van der Waals surface area (Å²) in [4.78, 5) is 27.1. The quantitative estimate of drug-likeness (QED) is 0.443. The summed E-state index contributed by atoms with van der Waals surface area (Å²) in [7, 11) is 0. The lowest BCUT2D eigenvalue weighted by Crippen LogP contribution is -2.20. The SMILES string of the molecule is C=CCn1cnc2c(c1=O)c1nc3ccccc3nc1n2Cc1ccc(F)cc1. The van der Waals surface area contributed by atoms with E-state index in [2.05, 4.69) is 11.6 Å². The van der Waals surface area contributed by atoms with Crippen molar-refractivity contribution in [2.75, 3.05) is 0 Å². The molecule has 0 fully saturated rings. The van der Waals surface area contributed by atoms with Crippen molar-refractivity contribution in [1.29, 1.82) is 0 Å². The standard InChI is InChI=1S/C22H16FN5O/c1-2-11-27-13-24-20-18(22(27)29)19-21(26-17-6-4-3-5-16(17)25-19)28(20)12-14-7-9-15(23)10-8-14/h2-10,13H,1,11-12H2. The van der Waals surface area contributed by atoms with Crippen LogP contribution in [0.5, 0.6) is 0 Å². The van der Waals surface area contributed by atoms with Gasteiger partial charge >= 0.3 is 0 Å². The molecule has 0 atom stereocenters. The fourth-order valence-electron chi connectivity index (χ4n) is 3.53. The van der Waals surface area contributed by atoms with Crippen LogP contribution in [0.1, 0.15) is 5.56 Å². The van der Waals surface area contributed by atoms with Gasteiger partial charge in [-0.05, 0) is 29.8 Å². The average Bonchev–Trinajstić information content (AvgIpc) is 3.03. The van der Waals surface area contributed by atoms with Gasteiger partial charge in [0.15, 0.2) is 11.3 Å². The normalized spacial score (nSPS) is 11.5. The van der Waals surface area contributed by atoms with Crippen molar-refractivity contribution in [2.24, 2.45) is 0 Å². The number of nitrogens with zero attached hydrogens (tertiary/aromatic N) is 5. The number of allylic oxidation sites excluding steroid dienone is 1. The Bertz CT molecular complexity index is 1450. The van der Waals surface area contributed by atoms with Crippen LogP contribution < -0.4 is 5.56 Å². The van der Waals surface area contributed by atoms with Crippen molar-refractivity contribution in [3.63, 3.8) is 0 Å². The van der Waals surface area contributed by atoms with Crippen LogP contribution in [0.15, 0.2) is 72.3 Å². The number of aromatic nitrogens is 5. The Labute approximate surface area is 164 Å². The second-order valence-electron chi connectivity index (χ2n) is 6.79. The number of fused-ring (bicyclic) bond motifs is 4. The molecule has 0 saturated carbocycles. The molecule has 0 aliphatic heterocycles. The van der Waals surface area contributed by atoms with Gasteiger partial charge in [-0.3, -0.25) is 9.36 Å². The van der Waals surface area contributed by atoms with Crippen molar-refractivity contribution in [2.45, 2.75) is 13.1 Å². The smallest absolute Gasteiger partial charge is 0.265 e. The highest BCUT2D eigenvalue weighted by Crippen LogP contribution is 2.25. The van der Waals surface area contributed by atoms with Crippen LogP contribution in [0.3, 0.4) is 0 Å². The van der Waals surface area contributed by atoms with Crippen LogP contribution in [-0.2, 0) is 13.1 Å². The van der Waals surface area contributed by atoms with Gasteiger partial charge in [-0.1, -0.05) is 30.3 Å². The lowest BCUT2D eigenvalue weighted by molar-refractivity contribution is 0.626. The van der Waals surface area contributed by atoms with Gasteiger partial charge in [0.1, 0.15) is 23.0 Å². The predicted molar refractivity (Wildman–Crippen MR) is 110 cm³/mol. The highest BCUT2D eigenvalue weighted by Gasteiger charge is 2.19. The molecular formula is C22H16FN5O. The number of hydrogen-bond donors (Lipinski definition) is 0. The van der Waals surface area contributed by atoms with E-state index < -0.39 is 0 Å². The predicted octanol–water partition coefficient (Wildman–Crippen LogP) is 3.67. The molecule has 5 rings (SSSR count). The van der Waals surface area contributed by atoms with Crippen LogP contribution in [0, 0.1) is 5.82 Å². The van der Waals surface area contributed by atoms with E-state index in [-0.39, 0.29) is 11.4 Å². The Hall–Kier alpha value is -3.87. The van der Waals surface area contributed by atoms with Crippen LogP contribution in [-0.4, -0.2) is 24.1 Å². The largest absolute Gasteiger partial charge is 0.304 e. The highest BCUT2D eigenvalue weighted by molar-refractivity contribution is 6.04. The Morgan fingerprint density at radius 1 is 1.00 bits per heavy atom. The molecule has 2 aromatic carbocycles. The third kappa shape index (κ3) is 2.79. The summed E-state index contributed by atoms with van der Waals surface area (Å²) in [6, 6.07) is 13.8. The Kier molecular flexibility index (Phi) is 3.94. The van der Waals surface area contributed by atoms with Crippen LogP contribution in [0.4, 0.5) is 4.39 Å². The Morgan fingerprint density at radius 2 is 1.72 bits per heavy atom. The summed E-state index contributed by atoms with van der Waals surface area (Å²) < 4.78 is 16.7. The summed E-state index contributed by atoms with van der Waals surface area (Å²) in [5, 5.41) is 0.421. The van der Waals surface area contributed by atoms with Gasteiger partial charge in [0.25, 0.3) is 5.56 Å². The summed E-state index contributed by atoms with van der Waals surface area (Å²) in [5.41, 5.74) is 3.71. The van der Waals surface area contributed by atoms with Gasteiger partial charge in [-0.25, -0.2) is 19.3 Å². The first-order chi connectivity index (χ1) is 14.2. The molecule has 6 nitrogen and oxygen atoms in total. The summed E-state index contributed by atoms with van der Waals surface area (Å²) in [6.45, 7) is 4.45. The van der Waals surface area contributed by atoms with Crippen molar-refractivity contribution >= 4 is 33.2 Å². The minimum Gasteiger partial charge on any atom is -0.304 e. The molecule has 0 N–H and O–H groups in total. The fourth-order valence-corrected chi connectivity index (χ4v) is 3.53. The van der Waals surface area contributed by atoms with Gasteiger partial charge in [-0.15, -0.1) is 6.58 Å². The minimum atomic E-state index is -0.299. The zero-order valence-electron chi connectivity index (χ0n) is 15.4. The third-order valence-corrected chi connectivity index (χ3v) is 4.90. The van der Waals surface area contributed by atoms with Gasteiger partial charge in [0.2, 0.25) is 0 Å². The third-order valence-electron chi connectivity index (χ3n) is 4.90. The summed E-state index contributed by atoms with van der Waals surface area (Å²) in [6.07, 6.45) is 3.15. The molecule has 0 aliphatic rings. The number of rotatable bonds is 4. The maximum Gasteiger partial charge on any atom is 0.265 e. The van der Waals surface area contributed by atoms with E-state index in [0.717, 1.165) is 11.1 Å². The monoisotopic (exact) mass is 385 g/mol. The maximum atomic E-state index is 13.3. The summed E-state index contributed by atoms with van der Waals surface area (Å²) >= 11 is 0. The minimum absolute atomic E-state index is 0.192. The van der Waals surface area contributed by atoms with E-state index in [0.29, 0.717) is 40.8 Å². The number of hydrogen-bond acceptors (Lipinski definition) is 4. The molecule has 3 aromatic heterocycles. The molecule has 0 aliphatic carbocycles. The van der Waals surface area contributed by atoms with E-state index >= 15 is 0 Å². The van der Waals surface area contributed by atoms with E-state index in [1.165, 1.54) is 23.0 Å². The lowest BCUT2D eigenvalue weighted by atomic mass is 10.2. The van der Waals surface area contributed by atoms with E-state index in [9.17, 15) is 9.18 Å². The molecule has 142 valence electrons. The molecule has 3 heterocycles. The molecule has 5 aromatic rings. The molecule has 0 bridgehead atoms. The Balaban J connectivity index is 1.86. The molecule has 0 saturated heterocycles. The van der Waals surface area contributed by atoms with Crippen molar-refractivity contribution < 1.29 is 4.39 Å². The van der Waals surface area contributed by atoms with Crippen LogP contribution in [0.2, 0.25) is 0 Å². The first-order valence-electron chi connectivity index (χ1n) is 9.15. The first-order valence-corrected chi connectivity index (χ1v) is 9.15. The maximum absolute atomic E-state index is 13.3. The summed E-state index contributed by atoms with van der Waals surface area (Å²) in [5.74, 6) is -0.299. The molecule has 7 heteroatoms. The van der Waals surface area contributed by atoms with Crippen molar-refractivity contribution in [3.05, 3.63) is 89.2 Å². The highest BCUT2D eigenvalue weighted by atomic mass is 19.1.